The number of nitrogens with one attached hydrogen (secondary N) is 1. The standard InChI is InChI=1S/C15H19N5O3/c21-15(22)3-10-6-20(8-12(10)13-5-16-19-17-13)7-11-4-14(23-18-11)9-1-2-9/h4-5,9-10,12H,1-3,6-8H2,(H,21,22)(H,16,17,19)/t10-,12+/m1/s1. The third-order valence-electron chi connectivity index (χ3n) is 4.71. The Bertz CT molecular complexity index is 679. The minimum Gasteiger partial charge on any atom is -0.481 e. The number of carbonyl (C=O) groups is 1. The van der Waals surface area contributed by atoms with Crippen LogP contribution in [0.4, 0.5) is 0 Å². The van der Waals surface area contributed by atoms with Gasteiger partial charge in [-0.1, -0.05) is 5.16 Å². The summed E-state index contributed by atoms with van der Waals surface area (Å²) in [4.78, 5) is 13.4. The van der Waals surface area contributed by atoms with Gasteiger partial charge in [-0.3, -0.25) is 9.69 Å². The van der Waals surface area contributed by atoms with Gasteiger partial charge < -0.3 is 9.63 Å². The topological polar surface area (TPSA) is 108 Å². The summed E-state index contributed by atoms with van der Waals surface area (Å²) in [5, 5.41) is 23.9. The summed E-state index contributed by atoms with van der Waals surface area (Å²) >= 11 is 0. The van der Waals surface area contributed by atoms with Crippen LogP contribution < -0.4 is 0 Å². The van der Waals surface area contributed by atoms with Crippen molar-refractivity contribution in [3.63, 3.8) is 0 Å². The van der Waals surface area contributed by atoms with E-state index in [2.05, 4.69) is 25.5 Å². The van der Waals surface area contributed by atoms with E-state index in [9.17, 15) is 4.79 Å². The van der Waals surface area contributed by atoms with Crippen molar-refractivity contribution in [1.29, 1.82) is 0 Å². The smallest absolute Gasteiger partial charge is 0.303 e. The zero-order chi connectivity index (χ0) is 15.8. The Morgan fingerprint density at radius 1 is 1.43 bits per heavy atom. The second kappa shape index (κ2) is 5.77. The van der Waals surface area contributed by atoms with Crippen molar-refractivity contribution in [2.45, 2.75) is 37.6 Å². The second-order valence-corrected chi connectivity index (χ2v) is 6.55. The molecular formula is C15H19N5O3. The molecule has 0 unspecified atom stereocenters. The zero-order valence-corrected chi connectivity index (χ0v) is 12.7. The van der Waals surface area contributed by atoms with Gasteiger partial charge >= 0.3 is 5.97 Å². The maximum absolute atomic E-state index is 11.1. The fourth-order valence-corrected chi connectivity index (χ4v) is 3.44. The number of carboxylic acid groups (broad SMARTS) is 1. The van der Waals surface area contributed by atoms with Crippen LogP contribution >= 0.6 is 0 Å². The van der Waals surface area contributed by atoms with E-state index in [1.165, 1.54) is 12.8 Å². The number of aromatic nitrogens is 4. The fraction of sp³-hybridized carbons (Fsp3) is 0.600. The molecule has 0 amide bonds. The maximum Gasteiger partial charge on any atom is 0.303 e. The van der Waals surface area contributed by atoms with Crippen LogP contribution in [-0.2, 0) is 11.3 Å². The largest absolute Gasteiger partial charge is 0.481 e. The van der Waals surface area contributed by atoms with Crippen molar-refractivity contribution in [2.24, 2.45) is 5.92 Å². The van der Waals surface area contributed by atoms with Crippen molar-refractivity contribution in [3.05, 3.63) is 29.4 Å². The van der Waals surface area contributed by atoms with Crippen LogP contribution in [0.5, 0.6) is 0 Å². The number of nitrogens with zero attached hydrogens (tertiary/aromatic N) is 4. The van der Waals surface area contributed by atoms with Gasteiger partial charge in [0, 0.05) is 37.5 Å². The predicted molar refractivity (Wildman–Crippen MR) is 78.6 cm³/mol. The van der Waals surface area contributed by atoms with Crippen molar-refractivity contribution >= 4 is 5.97 Å². The van der Waals surface area contributed by atoms with Gasteiger partial charge in [0.1, 0.15) is 5.76 Å². The van der Waals surface area contributed by atoms with Gasteiger partial charge in [-0.15, -0.1) is 0 Å². The molecule has 23 heavy (non-hydrogen) atoms. The third-order valence-corrected chi connectivity index (χ3v) is 4.71. The third kappa shape index (κ3) is 3.12. The molecular weight excluding hydrogens is 298 g/mol. The number of aliphatic carboxylic acids is 1. The molecule has 0 radical (unpaired) electrons. The fourth-order valence-electron chi connectivity index (χ4n) is 3.44. The van der Waals surface area contributed by atoms with Gasteiger partial charge in [0.05, 0.1) is 24.0 Å². The van der Waals surface area contributed by atoms with Crippen LogP contribution in [0.25, 0.3) is 0 Å². The monoisotopic (exact) mass is 317 g/mol. The number of rotatable bonds is 6. The summed E-state index contributed by atoms with van der Waals surface area (Å²) in [6.45, 7) is 2.16. The molecule has 1 saturated heterocycles. The lowest BCUT2D eigenvalue weighted by Gasteiger charge is -2.13. The first-order chi connectivity index (χ1) is 11.2. The van der Waals surface area contributed by atoms with E-state index in [4.69, 9.17) is 9.63 Å². The lowest BCUT2D eigenvalue weighted by Crippen LogP contribution is -2.21. The number of carboxylic acids is 1. The highest BCUT2D eigenvalue weighted by Crippen LogP contribution is 2.40. The van der Waals surface area contributed by atoms with Crippen LogP contribution in [0, 0.1) is 5.92 Å². The molecule has 4 rings (SSSR count). The SMILES string of the molecule is O=C(O)C[C@@H]1CN(Cc2cc(C3CC3)on2)C[C@@H]1c1cn[nH]n1. The van der Waals surface area contributed by atoms with Gasteiger partial charge in [0.15, 0.2) is 0 Å². The quantitative estimate of drug-likeness (QED) is 0.828. The van der Waals surface area contributed by atoms with Crippen LogP contribution in [0.1, 0.15) is 48.2 Å². The molecule has 0 aromatic carbocycles. The Kier molecular flexibility index (Phi) is 3.60. The molecule has 2 aliphatic rings. The molecule has 8 heteroatoms. The average molecular weight is 317 g/mol. The van der Waals surface area contributed by atoms with Crippen LogP contribution in [0.2, 0.25) is 0 Å². The lowest BCUT2D eigenvalue weighted by atomic mass is 9.91. The molecule has 1 aliphatic carbocycles. The molecule has 122 valence electrons. The van der Waals surface area contributed by atoms with E-state index in [1.807, 2.05) is 6.07 Å². The summed E-state index contributed by atoms with van der Waals surface area (Å²) in [6, 6.07) is 2.04. The molecule has 2 N–H and O–H groups in total. The normalized spacial score (nSPS) is 25.0. The highest BCUT2D eigenvalue weighted by molar-refractivity contribution is 5.67. The van der Waals surface area contributed by atoms with E-state index in [0.29, 0.717) is 12.5 Å². The molecule has 3 heterocycles. The van der Waals surface area contributed by atoms with Gasteiger partial charge in [0.2, 0.25) is 0 Å². The van der Waals surface area contributed by atoms with E-state index in [1.54, 1.807) is 6.20 Å². The zero-order valence-electron chi connectivity index (χ0n) is 12.7. The van der Waals surface area contributed by atoms with E-state index in [-0.39, 0.29) is 18.3 Å². The summed E-state index contributed by atoms with van der Waals surface area (Å²) in [5.74, 6) is 0.877. The molecule has 8 nitrogen and oxygen atoms in total. The number of H-pyrrole nitrogens is 1. The Balaban J connectivity index is 1.45. The molecule has 1 aliphatic heterocycles. The maximum atomic E-state index is 11.1. The lowest BCUT2D eigenvalue weighted by molar-refractivity contribution is -0.138. The molecule has 2 atom stereocenters. The van der Waals surface area contributed by atoms with Crippen molar-refractivity contribution in [1.82, 2.24) is 25.5 Å². The van der Waals surface area contributed by atoms with E-state index in [0.717, 1.165) is 30.2 Å². The van der Waals surface area contributed by atoms with Crippen LogP contribution in [0.3, 0.4) is 0 Å². The second-order valence-electron chi connectivity index (χ2n) is 6.55. The molecule has 2 aromatic heterocycles. The van der Waals surface area contributed by atoms with Crippen molar-refractivity contribution < 1.29 is 14.4 Å². The molecule has 2 aromatic rings. The highest BCUT2D eigenvalue weighted by atomic mass is 16.5. The van der Waals surface area contributed by atoms with Gasteiger partial charge in [-0.25, -0.2) is 0 Å². The first kappa shape index (κ1) is 14.4. The Morgan fingerprint density at radius 3 is 3.00 bits per heavy atom. The number of aromatic amines is 1. The Hall–Kier alpha value is -2.22. The highest BCUT2D eigenvalue weighted by Gasteiger charge is 2.37. The average Bonchev–Trinajstić information content (AvgIpc) is 2.91. The first-order valence-electron chi connectivity index (χ1n) is 7.94. The Morgan fingerprint density at radius 2 is 2.30 bits per heavy atom. The van der Waals surface area contributed by atoms with Gasteiger partial charge in [-0.05, 0) is 18.8 Å². The molecule has 2 fully saturated rings. The number of hydrogen-bond donors (Lipinski definition) is 2. The summed E-state index contributed by atoms with van der Waals surface area (Å²) < 4.78 is 5.39. The minimum atomic E-state index is -0.775. The number of likely N-dealkylation sites (tertiary alicyclic amines) is 1. The van der Waals surface area contributed by atoms with Crippen LogP contribution in [-0.4, -0.2) is 49.6 Å². The summed E-state index contributed by atoms with van der Waals surface area (Å²) in [6.07, 6.45) is 4.20. The first-order valence-corrected chi connectivity index (χ1v) is 7.94. The summed E-state index contributed by atoms with van der Waals surface area (Å²) in [5.41, 5.74) is 1.75. The summed E-state index contributed by atoms with van der Waals surface area (Å²) in [7, 11) is 0. The van der Waals surface area contributed by atoms with Crippen molar-refractivity contribution in [3.8, 4) is 0 Å². The van der Waals surface area contributed by atoms with Crippen molar-refractivity contribution in [2.75, 3.05) is 13.1 Å². The minimum absolute atomic E-state index is 0.0346. The number of hydrogen-bond acceptors (Lipinski definition) is 6. The van der Waals surface area contributed by atoms with E-state index < -0.39 is 5.97 Å². The Labute approximate surface area is 132 Å². The van der Waals surface area contributed by atoms with Crippen LogP contribution in [0.15, 0.2) is 16.8 Å². The van der Waals surface area contributed by atoms with Gasteiger partial charge in [0.25, 0.3) is 0 Å². The molecule has 0 spiro atoms. The molecule has 1 saturated carbocycles. The predicted octanol–water partition coefficient (Wildman–Crippen LogP) is 1.36. The van der Waals surface area contributed by atoms with Gasteiger partial charge in [-0.2, -0.15) is 15.4 Å². The van der Waals surface area contributed by atoms with E-state index >= 15 is 0 Å². The molecule has 0 bridgehead atoms.